The van der Waals surface area contributed by atoms with Crippen molar-refractivity contribution in [2.45, 2.75) is 38.2 Å². The first-order chi connectivity index (χ1) is 9.46. The standard InChI is InChI=1S/C16H22ClNO2/c1-16(20)8-2-10-18(12-9-16)11-7-15(19)13-3-5-14(17)6-4-13/h3-6,20H,2,7-12H2,1H3. The lowest BCUT2D eigenvalue weighted by atomic mass is 9.98. The number of benzene rings is 1. The van der Waals surface area contributed by atoms with Crippen LogP contribution < -0.4 is 0 Å². The van der Waals surface area contributed by atoms with Gasteiger partial charge in [0.15, 0.2) is 5.78 Å². The topological polar surface area (TPSA) is 40.5 Å². The maximum atomic E-state index is 12.1. The van der Waals surface area contributed by atoms with E-state index in [0.29, 0.717) is 11.4 Å². The summed E-state index contributed by atoms with van der Waals surface area (Å²) in [7, 11) is 0. The van der Waals surface area contributed by atoms with Crippen LogP contribution in [0.3, 0.4) is 0 Å². The second-order valence-corrected chi connectivity index (χ2v) is 6.31. The van der Waals surface area contributed by atoms with Gasteiger partial charge in [-0.15, -0.1) is 0 Å². The lowest BCUT2D eigenvalue weighted by molar-refractivity contribution is 0.0447. The van der Waals surface area contributed by atoms with E-state index in [4.69, 9.17) is 11.6 Å². The lowest BCUT2D eigenvalue weighted by Crippen LogP contribution is -2.30. The molecule has 0 bridgehead atoms. The summed E-state index contributed by atoms with van der Waals surface area (Å²) in [5, 5.41) is 10.7. The third kappa shape index (κ3) is 4.58. The van der Waals surface area contributed by atoms with Crippen LogP contribution >= 0.6 is 11.6 Å². The van der Waals surface area contributed by atoms with Crippen LogP contribution in [0.5, 0.6) is 0 Å². The highest BCUT2D eigenvalue weighted by Crippen LogP contribution is 2.21. The Balaban J connectivity index is 1.83. The molecule has 2 rings (SSSR count). The predicted octanol–water partition coefficient (Wildman–Crippen LogP) is 3.15. The molecule has 1 aliphatic rings. The Labute approximate surface area is 125 Å². The number of Topliss-reactive ketones (excluding diaryl/α,β-unsaturated/α-hetero) is 1. The van der Waals surface area contributed by atoms with Crippen molar-refractivity contribution >= 4 is 17.4 Å². The minimum Gasteiger partial charge on any atom is -0.390 e. The summed E-state index contributed by atoms with van der Waals surface area (Å²) in [6.07, 6.45) is 3.13. The van der Waals surface area contributed by atoms with E-state index in [1.807, 2.05) is 6.92 Å². The third-order valence-electron chi connectivity index (χ3n) is 3.98. The zero-order chi connectivity index (χ0) is 14.6. The summed E-state index contributed by atoms with van der Waals surface area (Å²) in [5.74, 6) is 0.151. The van der Waals surface area contributed by atoms with E-state index < -0.39 is 5.60 Å². The van der Waals surface area contributed by atoms with Crippen LogP contribution in [0.4, 0.5) is 0 Å². The van der Waals surface area contributed by atoms with Gasteiger partial charge in [-0.25, -0.2) is 0 Å². The highest BCUT2D eigenvalue weighted by atomic mass is 35.5. The van der Waals surface area contributed by atoms with E-state index in [1.54, 1.807) is 24.3 Å². The maximum Gasteiger partial charge on any atom is 0.164 e. The molecule has 3 nitrogen and oxygen atoms in total. The van der Waals surface area contributed by atoms with Crippen molar-refractivity contribution in [3.63, 3.8) is 0 Å². The van der Waals surface area contributed by atoms with Gasteiger partial charge in [-0.2, -0.15) is 0 Å². The van der Waals surface area contributed by atoms with Crippen LogP contribution in [0.25, 0.3) is 0 Å². The normalized spacial score (nSPS) is 24.4. The van der Waals surface area contributed by atoms with Crippen molar-refractivity contribution in [2.24, 2.45) is 0 Å². The van der Waals surface area contributed by atoms with E-state index in [-0.39, 0.29) is 5.78 Å². The van der Waals surface area contributed by atoms with Gasteiger partial charge >= 0.3 is 0 Å². The van der Waals surface area contributed by atoms with Crippen molar-refractivity contribution in [3.05, 3.63) is 34.9 Å². The number of ketones is 1. The molecule has 0 saturated carbocycles. The summed E-state index contributed by atoms with van der Waals surface area (Å²) < 4.78 is 0. The molecular weight excluding hydrogens is 274 g/mol. The van der Waals surface area contributed by atoms with Gasteiger partial charge in [0, 0.05) is 30.1 Å². The largest absolute Gasteiger partial charge is 0.390 e. The van der Waals surface area contributed by atoms with Gasteiger partial charge < -0.3 is 10.0 Å². The summed E-state index contributed by atoms with van der Waals surface area (Å²) in [6, 6.07) is 7.05. The number of carbonyl (C=O) groups excluding carboxylic acids is 1. The molecule has 0 aromatic heterocycles. The molecule has 110 valence electrons. The van der Waals surface area contributed by atoms with Crippen molar-refractivity contribution in [2.75, 3.05) is 19.6 Å². The molecule has 1 heterocycles. The van der Waals surface area contributed by atoms with Gasteiger partial charge in [0.2, 0.25) is 0 Å². The molecule has 20 heavy (non-hydrogen) atoms. The van der Waals surface area contributed by atoms with Gasteiger partial charge in [0.1, 0.15) is 0 Å². The number of nitrogens with zero attached hydrogens (tertiary/aromatic N) is 1. The van der Waals surface area contributed by atoms with Crippen LogP contribution in [-0.4, -0.2) is 41.0 Å². The number of likely N-dealkylation sites (tertiary alicyclic amines) is 1. The summed E-state index contributed by atoms with van der Waals surface area (Å²) >= 11 is 5.82. The first-order valence-electron chi connectivity index (χ1n) is 7.20. The molecule has 1 unspecified atom stereocenters. The highest BCUT2D eigenvalue weighted by molar-refractivity contribution is 6.30. The van der Waals surface area contributed by atoms with E-state index in [0.717, 1.165) is 44.5 Å². The minimum absolute atomic E-state index is 0.151. The Hall–Kier alpha value is -0.900. The Morgan fingerprint density at radius 2 is 2.00 bits per heavy atom. The molecule has 0 aliphatic carbocycles. The molecule has 0 radical (unpaired) electrons. The van der Waals surface area contributed by atoms with Gasteiger partial charge in [0.05, 0.1) is 5.60 Å². The number of rotatable bonds is 4. The van der Waals surface area contributed by atoms with Crippen molar-refractivity contribution < 1.29 is 9.90 Å². The quantitative estimate of drug-likeness (QED) is 0.868. The number of carbonyl (C=O) groups is 1. The fraction of sp³-hybridized carbons (Fsp3) is 0.562. The first kappa shape index (κ1) is 15.5. The zero-order valence-electron chi connectivity index (χ0n) is 11.9. The highest BCUT2D eigenvalue weighted by Gasteiger charge is 2.24. The molecule has 1 fully saturated rings. The Bertz CT molecular complexity index is 456. The van der Waals surface area contributed by atoms with Gasteiger partial charge in [-0.05, 0) is 57.0 Å². The molecular formula is C16H22ClNO2. The van der Waals surface area contributed by atoms with Crippen LogP contribution in [0, 0.1) is 0 Å². The van der Waals surface area contributed by atoms with E-state index >= 15 is 0 Å². The minimum atomic E-state index is -0.547. The third-order valence-corrected chi connectivity index (χ3v) is 4.23. The molecule has 1 aromatic rings. The maximum absolute atomic E-state index is 12.1. The number of hydrogen-bond acceptors (Lipinski definition) is 3. The molecule has 0 amide bonds. The second-order valence-electron chi connectivity index (χ2n) is 5.87. The van der Waals surface area contributed by atoms with Crippen LogP contribution in [-0.2, 0) is 0 Å². The summed E-state index contributed by atoms with van der Waals surface area (Å²) in [6.45, 7) is 4.48. The van der Waals surface area contributed by atoms with Crippen LogP contribution in [0.2, 0.25) is 5.02 Å². The zero-order valence-corrected chi connectivity index (χ0v) is 12.7. The smallest absolute Gasteiger partial charge is 0.164 e. The average Bonchev–Trinajstić information content (AvgIpc) is 2.58. The number of aliphatic hydroxyl groups is 1. The number of halogens is 1. The van der Waals surface area contributed by atoms with E-state index in [2.05, 4.69) is 4.90 Å². The predicted molar refractivity (Wildman–Crippen MR) is 81.3 cm³/mol. The van der Waals surface area contributed by atoms with Gasteiger partial charge in [-0.3, -0.25) is 4.79 Å². The fourth-order valence-corrected chi connectivity index (χ4v) is 2.71. The number of hydrogen-bond donors (Lipinski definition) is 1. The lowest BCUT2D eigenvalue weighted by Gasteiger charge is -2.22. The monoisotopic (exact) mass is 295 g/mol. The van der Waals surface area contributed by atoms with Crippen LogP contribution in [0.15, 0.2) is 24.3 Å². The van der Waals surface area contributed by atoms with Crippen molar-refractivity contribution in [1.29, 1.82) is 0 Å². The molecule has 0 spiro atoms. The van der Waals surface area contributed by atoms with Crippen molar-refractivity contribution in [1.82, 2.24) is 4.90 Å². The first-order valence-corrected chi connectivity index (χ1v) is 7.58. The molecule has 4 heteroatoms. The Kier molecular flexibility index (Phi) is 5.19. The molecule has 1 saturated heterocycles. The Morgan fingerprint density at radius 1 is 1.30 bits per heavy atom. The summed E-state index contributed by atoms with van der Waals surface area (Å²) in [5.41, 5.74) is 0.172. The Morgan fingerprint density at radius 3 is 2.70 bits per heavy atom. The fourth-order valence-electron chi connectivity index (χ4n) is 2.58. The van der Waals surface area contributed by atoms with Crippen molar-refractivity contribution in [3.8, 4) is 0 Å². The van der Waals surface area contributed by atoms with E-state index in [1.165, 1.54) is 0 Å². The summed E-state index contributed by atoms with van der Waals surface area (Å²) in [4.78, 5) is 14.4. The average molecular weight is 296 g/mol. The second kappa shape index (κ2) is 6.70. The SMILES string of the molecule is CC1(O)CCCN(CCC(=O)c2ccc(Cl)cc2)CC1. The molecule has 1 atom stereocenters. The molecule has 1 aliphatic heterocycles. The molecule has 1 N–H and O–H groups in total. The van der Waals surface area contributed by atoms with E-state index in [9.17, 15) is 9.90 Å². The molecule has 1 aromatic carbocycles. The van der Waals surface area contributed by atoms with Crippen LogP contribution in [0.1, 0.15) is 43.0 Å². The van der Waals surface area contributed by atoms with Gasteiger partial charge in [-0.1, -0.05) is 11.6 Å². The van der Waals surface area contributed by atoms with Gasteiger partial charge in [0.25, 0.3) is 0 Å².